The van der Waals surface area contributed by atoms with Crippen molar-refractivity contribution in [2.45, 2.75) is 19.8 Å². The van der Waals surface area contributed by atoms with Gasteiger partial charge in [0.05, 0.1) is 18.1 Å². The molecule has 1 aliphatic rings. The van der Waals surface area contributed by atoms with Crippen molar-refractivity contribution in [3.8, 4) is 0 Å². The third kappa shape index (κ3) is 3.41. The molecule has 0 radical (unpaired) electrons. The number of amides is 1. The predicted octanol–water partition coefficient (Wildman–Crippen LogP) is 1.29. The van der Waals surface area contributed by atoms with Crippen LogP contribution in [0.1, 0.15) is 30.3 Å². The fourth-order valence-corrected chi connectivity index (χ4v) is 2.82. The molecule has 1 unspecified atom stereocenters. The molecular weight excluding hydrogens is 294 g/mol. The van der Waals surface area contributed by atoms with Crippen molar-refractivity contribution in [2.75, 3.05) is 23.3 Å². The van der Waals surface area contributed by atoms with Gasteiger partial charge in [0.15, 0.2) is 11.5 Å². The average molecular weight is 315 g/mol. The molecule has 0 spiro atoms. The zero-order valence-electron chi connectivity index (χ0n) is 13.4. The fraction of sp³-hybridized carbons (Fsp3) is 0.467. The molecule has 3 heterocycles. The lowest BCUT2D eigenvalue weighted by Gasteiger charge is -2.31. The number of hydrogen-bond donors (Lipinski definition) is 2. The fourth-order valence-electron chi connectivity index (χ4n) is 2.82. The highest BCUT2D eigenvalue weighted by molar-refractivity contribution is 5.96. The standard InChI is InChI=1S/C15H21N7O/c1-10-4-3-5-22(8-10)12-7-17-13(14(16)23)15(20-12)19-11-6-18-21(2)9-11/h6-7,9-10H,3-5,8H2,1-2H3,(H2,16,23)(H,19,20). The molecule has 1 fully saturated rings. The molecule has 8 nitrogen and oxygen atoms in total. The second kappa shape index (κ2) is 6.23. The van der Waals surface area contributed by atoms with Crippen LogP contribution in [0.3, 0.4) is 0 Å². The van der Waals surface area contributed by atoms with Crippen molar-refractivity contribution >= 4 is 23.2 Å². The minimum Gasteiger partial charge on any atom is -0.364 e. The largest absolute Gasteiger partial charge is 0.364 e. The van der Waals surface area contributed by atoms with E-state index in [-0.39, 0.29) is 5.69 Å². The number of piperidine rings is 1. The van der Waals surface area contributed by atoms with Crippen LogP contribution in [-0.4, -0.2) is 38.7 Å². The maximum Gasteiger partial charge on any atom is 0.271 e. The number of carbonyl (C=O) groups is 1. The van der Waals surface area contributed by atoms with E-state index in [1.165, 1.54) is 6.42 Å². The van der Waals surface area contributed by atoms with E-state index in [4.69, 9.17) is 5.73 Å². The summed E-state index contributed by atoms with van der Waals surface area (Å²) in [5.74, 6) is 1.13. The van der Waals surface area contributed by atoms with Crippen LogP contribution < -0.4 is 16.0 Å². The molecule has 1 atom stereocenters. The molecule has 23 heavy (non-hydrogen) atoms. The maximum absolute atomic E-state index is 11.6. The van der Waals surface area contributed by atoms with Gasteiger partial charge < -0.3 is 16.0 Å². The lowest BCUT2D eigenvalue weighted by Crippen LogP contribution is -2.35. The van der Waals surface area contributed by atoms with E-state index in [1.54, 1.807) is 23.3 Å². The van der Waals surface area contributed by atoms with Crippen molar-refractivity contribution in [1.29, 1.82) is 0 Å². The van der Waals surface area contributed by atoms with Gasteiger partial charge in [-0.25, -0.2) is 9.97 Å². The smallest absolute Gasteiger partial charge is 0.271 e. The van der Waals surface area contributed by atoms with E-state index in [2.05, 4.69) is 32.2 Å². The van der Waals surface area contributed by atoms with Crippen LogP contribution in [-0.2, 0) is 7.05 Å². The van der Waals surface area contributed by atoms with Gasteiger partial charge in [-0.1, -0.05) is 6.92 Å². The molecule has 3 rings (SSSR count). The number of nitrogens with zero attached hydrogens (tertiary/aromatic N) is 5. The molecule has 122 valence electrons. The monoisotopic (exact) mass is 315 g/mol. The summed E-state index contributed by atoms with van der Waals surface area (Å²) in [6, 6.07) is 0. The molecule has 0 saturated carbocycles. The van der Waals surface area contributed by atoms with Gasteiger partial charge in [0.25, 0.3) is 5.91 Å². The maximum atomic E-state index is 11.6. The number of nitrogens with two attached hydrogens (primary N) is 1. The second-order valence-corrected chi connectivity index (χ2v) is 6.01. The van der Waals surface area contributed by atoms with Gasteiger partial charge in [-0.2, -0.15) is 5.10 Å². The molecule has 2 aromatic heterocycles. The Balaban J connectivity index is 1.91. The Labute approximate surface area is 134 Å². The van der Waals surface area contributed by atoms with E-state index in [1.807, 2.05) is 7.05 Å². The number of carbonyl (C=O) groups excluding carboxylic acids is 1. The Bertz CT molecular complexity index is 712. The number of hydrogen-bond acceptors (Lipinski definition) is 6. The SMILES string of the molecule is CC1CCCN(c2cnc(C(N)=O)c(Nc3cnn(C)c3)n2)C1. The van der Waals surface area contributed by atoms with E-state index in [9.17, 15) is 4.79 Å². The number of aromatic nitrogens is 4. The summed E-state index contributed by atoms with van der Waals surface area (Å²) in [7, 11) is 1.82. The highest BCUT2D eigenvalue weighted by Gasteiger charge is 2.20. The first-order valence-corrected chi connectivity index (χ1v) is 7.70. The highest BCUT2D eigenvalue weighted by Crippen LogP contribution is 2.24. The van der Waals surface area contributed by atoms with Gasteiger partial charge in [-0.05, 0) is 18.8 Å². The normalized spacial score (nSPS) is 18.0. The molecule has 0 bridgehead atoms. The summed E-state index contributed by atoms with van der Waals surface area (Å²) in [5.41, 5.74) is 6.27. The van der Waals surface area contributed by atoms with Crippen molar-refractivity contribution in [2.24, 2.45) is 18.7 Å². The van der Waals surface area contributed by atoms with Crippen LogP contribution in [0.15, 0.2) is 18.6 Å². The van der Waals surface area contributed by atoms with Crippen molar-refractivity contribution < 1.29 is 4.79 Å². The van der Waals surface area contributed by atoms with Crippen LogP contribution in [0.5, 0.6) is 0 Å². The number of anilines is 3. The van der Waals surface area contributed by atoms with Gasteiger partial charge >= 0.3 is 0 Å². The van der Waals surface area contributed by atoms with Crippen LogP contribution in [0.2, 0.25) is 0 Å². The topological polar surface area (TPSA) is 102 Å². The van der Waals surface area contributed by atoms with E-state index < -0.39 is 5.91 Å². The zero-order valence-corrected chi connectivity index (χ0v) is 13.4. The van der Waals surface area contributed by atoms with Crippen molar-refractivity contribution in [3.05, 3.63) is 24.3 Å². The minimum atomic E-state index is -0.609. The van der Waals surface area contributed by atoms with E-state index >= 15 is 0 Å². The summed E-state index contributed by atoms with van der Waals surface area (Å²) in [6.45, 7) is 4.12. The minimum absolute atomic E-state index is 0.127. The number of nitrogens with one attached hydrogen (secondary N) is 1. The van der Waals surface area contributed by atoms with Crippen LogP contribution in [0, 0.1) is 5.92 Å². The quantitative estimate of drug-likeness (QED) is 0.881. The molecule has 0 aliphatic carbocycles. The first-order valence-electron chi connectivity index (χ1n) is 7.70. The average Bonchev–Trinajstić information content (AvgIpc) is 2.92. The molecule has 8 heteroatoms. The van der Waals surface area contributed by atoms with Gasteiger partial charge in [0.1, 0.15) is 5.82 Å². The first-order chi connectivity index (χ1) is 11.0. The molecular formula is C15H21N7O. The summed E-state index contributed by atoms with van der Waals surface area (Å²) >= 11 is 0. The van der Waals surface area contributed by atoms with E-state index in [0.29, 0.717) is 11.7 Å². The third-order valence-electron chi connectivity index (χ3n) is 3.94. The lowest BCUT2D eigenvalue weighted by atomic mass is 10.0. The van der Waals surface area contributed by atoms with Gasteiger partial charge in [0.2, 0.25) is 0 Å². The summed E-state index contributed by atoms with van der Waals surface area (Å²) in [6.07, 6.45) is 7.42. The van der Waals surface area contributed by atoms with Crippen LogP contribution in [0.4, 0.5) is 17.3 Å². The molecule has 1 aliphatic heterocycles. The van der Waals surface area contributed by atoms with Crippen molar-refractivity contribution in [3.63, 3.8) is 0 Å². The number of aryl methyl sites for hydroxylation is 1. The zero-order chi connectivity index (χ0) is 16.4. The summed E-state index contributed by atoms with van der Waals surface area (Å²) in [4.78, 5) is 22.6. The van der Waals surface area contributed by atoms with Gasteiger partial charge in [-0.3, -0.25) is 9.48 Å². The second-order valence-electron chi connectivity index (χ2n) is 6.01. The van der Waals surface area contributed by atoms with Gasteiger partial charge in [-0.15, -0.1) is 0 Å². The Morgan fingerprint density at radius 3 is 2.91 bits per heavy atom. The number of primary amides is 1. The molecule has 1 saturated heterocycles. The first kappa shape index (κ1) is 15.3. The Kier molecular flexibility index (Phi) is 4.14. The predicted molar refractivity (Wildman–Crippen MR) is 87.7 cm³/mol. The number of rotatable bonds is 4. The lowest BCUT2D eigenvalue weighted by molar-refractivity contribution is 0.0996. The van der Waals surface area contributed by atoms with Crippen molar-refractivity contribution in [1.82, 2.24) is 19.7 Å². The third-order valence-corrected chi connectivity index (χ3v) is 3.94. The molecule has 1 amide bonds. The molecule has 0 aromatic carbocycles. The van der Waals surface area contributed by atoms with Crippen LogP contribution >= 0.6 is 0 Å². The summed E-state index contributed by atoms with van der Waals surface area (Å²) < 4.78 is 1.66. The van der Waals surface area contributed by atoms with Crippen LogP contribution in [0.25, 0.3) is 0 Å². The summed E-state index contributed by atoms with van der Waals surface area (Å²) in [5, 5.41) is 7.17. The molecule has 3 N–H and O–H groups in total. The van der Waals surface area contributed by atoms with Gasteiger partial charge in [0, 0.05) is 26.3 Å². The Morgan fingerprint density at radius 1 is 1.43 bits per heavy atom. The van der Waals surface area contributed by atoms with E-state index in [0.717, 1.165) is 31.0 Å². The Hall–Kier alpha value is -2.64. The Morgan fingerprint density at radius 2 is 2.26 bits per heavy atom. The highest BCUT2D eigenvalue weighted by atomic mass is 16.1. The molecule has 2 aromatic rings.